The highest BCUT2D eigenvalue weighted by molar-refractivity contribution is 5.90. The number of amides is 1. The average Bonchev–Trinajstić information content (AvgIpc) is 3.48. The second-order valence-corrected chi connectivity index (χ2v) is 7.89. The Kier molecular flexibility index (Phi) is 5.41. The molecule has 1 amide bonds. The Morgan fingerprint density at radius 1 is 1.21 bits per heavy atom. The van der Waals surface area contributed by atoms with Crippen LogP contribution in [0, 0.1) is 17.7 Å². The first kappa shape index (κ1) is 18.7. The fourth-order valence-corrected chi connectivity index (χ4v) is 3.79. The van der Waals surface area contributed by atoms with Gasteiger partial charge in [-0.1, -0.05) is 6.07 Å². The number of piperidine rings is 1. The molecule has 1 N–H and O–H groups in total. The zero-order valence-electron chi connectivity index (χ0n) is 15.8. The third kappa shape index (κ3) is 4.77. The highest BCUT2D eigenvalue weighted by atomic mass is 19.1. The maximum Gasteiger partial charge on any atom is 0.268 e. The molecule has 4 rings (SSSR count). The number of carbonyl (C=O) groups is 1. The minimum Gasteiger partial charge on any atom is -0.370 e. The van der Waals surface area contributed by atoms with Crippen molar-refractivity contribution in [1.82, 2.24) is 9.78 Å². The van der Waals surface area contributed by atoms with Crippen molar-refractivity contribution in [3.05, 3.63) is 52.7 Å². The summed E-state index contributed by atoms with van der Waals surface area (Å²) >= 11 is 0. The standard InChI is InChI=1S/C21H25FN4O2/c22-17-4-1-5-18(10-17)24-20(27)9-16-3-2-8-25(13-16)19-11-21(28)26(23-12-19)14-15-6-7-15/h1,4-5,10-12,15-16H,2-3,6-9,13-14H2,(H,24,27). The van der Waals surface area contributed by atoms with E-state index in [-0.39, 0.29) is 23.2 Å². The molecule has 1 unspecified atom stereocenters. The van der Waals surface area contributed by atoms with Crippen molar-refractivity contribution in [1.29, 1.82) is 0 Å². The predicted octanol–water partition coefficient (Wildman–Crippen LogP) is 3.04. The molecular formula is C21H25FN4O2. The number of hydrogen-bond donors (Lipinski definition) is 1. The SMILES string of the molecule is O=C(CC1CCCN(c2cnn(CC3CC3)c(=O)c2)C1)Nc1cccc(F)c1. The van der Waals surface area contributed by atoms with Crippen LogP contribution in [0.25, 0.3) is 0 Å². The van der Waals surface area contributed by atoms with E-state index in [2.05, 4.69) is 15.3 Å². The molecule has 7 heteroatoms. The van der Waals surface area contributed by atoms with Crippen molar-refractivity contribution in [2.24, 2.45) is 11.8 Å². The van der Waals surface area contributed by atoms with Gasteiger partial charge in [-0.2, -0.15) is 5.10 Å². The fraction of sp³-hybridized carbons (Fsp3) is 0.476. The van der Waals surface area contributed by atoms with Crippen LogP contribution >= 0.6 is 0 Å². The number of rotatable bonds is 6. The van der Waals surface area contributed by atoms with Gasteiger partial charge < -0.3 is 10.2 Å². The number of aromatic nitrogens is 2. The van der Waals surface area contributed by atoms with Gasteiger partial charge in [-0.3, -0.25) is 9.59 Å². The number of anilines is 2. The van der Waals surface area contributed by atoms with E-state index < -0.39 is 0 Å². The highest BCUT2D eigenvalue weighted by Crippen LogP contribution is 2.30. The molecule has 0 spiro atoms. The van der Waals surface area contributed by atoms with Crippen molar-refractivity contribution in [3.8, 4) is 0 Å². The Hall–Kier alpha value is -2.70. The van der Waals surface area contributed by atoms with Gasteiger partial charge in [0.05, 0.1) is 11.9 Å². The Morgan fingerprint density at radius 3 is 2.82 bits per heavy atom. The molecule has 1 saturated heterocycles. The third-order valence-corrected chi connectivity index (χ3v) is 5.45. The van der Waals surface area contributed by atoms with E-state index in [0.717, 1.165) is 25.1 Å². The van der Waals surface area contributed by atoms with Gasteiger partial charge in [0.2, 0.25) is 5.91 Å². The first-order chi connectivity index (χ1) is 13.6. The second-order valence-electron chi connectivity index (χ2n) is 7.89. The largest absolute Gasteiger partial charge is 0.370 e. The van der Waals surface area contributed by atoms with Gasteiger partial charge in [-0.25, -0.2) is 9.07 Å². The number of nitrogens with zero attached hydrogens (tertiary/aromatic N) is 3. The zero-order valence-corrected chi connectivity index (χ0v) is 15.8. The molecule has 1 aromatic carbocycles. The first-order valence-electron chi connectivity index (χ1n) is 9.94. The Labute approximate surface area is 163 Å². The van der Waals surface area contributed by atoms with E-state index in [0.29, 0.717) is 31.1 Å². The van der Waals surface area contributed by atoms with Gasteiger partial charge in [-0.15, -0.1) is 0 Å². The number of halogens is 1. The third-order valence-electron chi connectivity index (χ3n) is 5.45. The minimum atomic E-state index is -0.370. The van der Waals surface area contributed by atoms with Crippen LogP contribution in [0.3, 0.4) is 0 Å². The summed E-state index contributed by atoms with van der Waals surface area (Å²) in [5.41, 5.74) is 1.24. The topological polar surface area (TPSA) is 67.2 Å². The van der Waals surface area contributed by atoms with E-state index >= 15 is 0 Å². The molecule has 2 fully saturated rings. The summed E-state index contributed by atoms with van der Waals surface area (Å²) in [4.78, 5) is 26.8. The van der Waals surface area contributed by atoms with Crippen LogP contribution in [0.2, 0.25) is 0 Å². The zero-order chi connectivity index (χ0) is 19.5. The predicted molar refractivity (Wildman–Crippen MR) is 106 cm³/mol. The summed E-state index contributed by atoms with van der Waals surface area (Å²) in [5, 5.41) is 7.09. The normalized spacial score (nSPS) is 19.5. The van der Waals surface area contributed by atoms with Crippen molar-refractivity contribution < 1.29 is 9.18 Å². The van der Waals surface area contributed by atoms with Crippen LogP contribution in [0.5, 0.6) is 0 Å². The van der Waals surface area contributed by atoms with Crippen LogP contribution in [0.15, 0.2) is 41.3 Å². The molecule has 0 bridgehead atoms. The molecule has 28 heavy (non-hydrogen) atoms. The summed E-state index contributed by atoms with van der Waals surface area (Å²) in [6, 6.07) is 7.57. The first-order valence-corrected chi connectivity index (χ1v) is 9.94. The molecule has 1 atom stereocenters. The van der Waals surface area contributed by atoms with E-state index in [1.54, 1.807) is 29.1 Å². The van der Waals surface area contributed by atoms with Gasteiger partial charge in [0, 0.05) is 37.8 Å². The lowest BCUT2D eigenvalue weighted by Gasteiger charge is -2.34. The summed E-state index contributed by atoms with van der Waals surface area (Å²) in [7, 11) is 0. The molecule has 1 saturated carbocycles. The van der Waals surface area contributed by atoms with Gasteiger partial charge in [-0.05, 0) is 55.7 Å². The van der Waals surface area contributed by atoms with Crippen LogP contribution in [0.4, 0.5) is 15.8 Å². The molecular weight excluding hydrogens is 359 g/mol. The molecule has 2 aromatic rings. The molecule has 0 radical (unpaired) electrons. The number of carbonyl (C=O) groups excluding carboxylic acids is 1. The van der Waals surface area contributed by atoms with Gasteiger partial charge in [0.1, 0.15) is 5.82 Å². The van der Waals surface area contributed by atoms with Crippen LogP contribution in [-0.4, -0.2) is 28.8 Å². The summed E-state index contributed by atoms with van der Waals surface area (Å²) in [6.07, 6.45) is 6.42. The Bertz CT molecular complexity index is 909. The molecule has 2 aliphatic rings. The monoisotopic (exact) mass is 384 g/mol. The second kappa shape index (κ2) is 8.12. The Morgan fingerprint density at radius 2 is 2.07 bits per heavy atom. The van der Waals surface area contributed by atoms with E-state index in [1.165, 1.54) is 25.0 Å². The summed E-state index contributed by atoms with van der Waals surface area (Å²) in [5.74, 6) is 0.309. The summed E-state index contributed by atoms with van der Waals surface area (Å²) < 4.78 is 14.8. The maximum absolute atomic E-state index is 13.3. The lowest BCUT2D eigenvalue weighted by Crippen LogP contribution is -2.38. The van der Waals surface area contributed by atoms with E-state index in [9.17, 15) is 14.0 Å². The van der Waals surface area contributed by atoms with Crippen molar-refractivity contribution in [2.75, 3.05) is 23.3 Å². The maximum atomic E-state index is 13.3. The average molecular weight is 384 g/mol. The van der Waals surface area contributed by atoms with Crippen molar-refractivity contribution >= 4 is 17.3 Å². The number of hydrogen-bond acceptors (Lipinski definition) is 4. The molecule has 6 nitrogen and oxygen atoms in total. The molecule has 148 valence electrons. The molecule has 1 aromatic heterocycles. The lowest BCUT2D eigenvalue weighted by molar-refractivity contribution is -0.117. The minimum absolute atomic E-state index is 0.0598. The number of nitrogens with one attached hydrogen (secondary N) is 1. The molecule has 1 aliphatic carbocycles. The van der Waals surface area contributed by atoms with Crippen molar-refractivity contribution in [2.45, 2.75) is 38.6 Å². The number of benzene rings is 1. The fourth-order valence-electron chi connectivity index (χ4n) is 3.79. The highest BCUT2D eigenvalue weighted by Gasteiger charge is 2.25. The Balaban J connectivity index is 1.35. The van der Waals surface area contributed by atoms with E-state index in [1.807, 2.05) is 0 Å². The smallest absolute Gasteiger partial charge is 0.268 e. The van der Waals surface area contributed by atoms with Crippen molar-refractivity contribution in [3.63, 3.8) is 0 Å². The lowest BCUT2D eigenvalue weighted by atomic mass is 9.94. The molecule has 1 aliphatic heterocycles. The quantitative estimate of drug-likeness (QED) is 0.831. The molecule has 2 heterocycles. The van der Waals surface area contributed by atoms with Crippen LogP contribution in [-0.2, 0) is 11.3 Å². The summed E-state index contributed by atoms with van der Waals surface area (Å²) in [6.45, 7) is 2.28. The van der Waals surface area contributed by atoms with Crippen LogP contribution in [0.1, 0.15) is 32.1 Å². The van der Waals surface area contributed by atoms with Gasteiger partial charge in [0.15, 0.2) is 0 Å². The van der Waals surface area contributed by atoms with Crippen LogP contribution < -0.4 is 15.8 Å². The van der Waals surface area contributed by atoms with Gasteiger partial charge >= 0.3 is 0 Å². The van der Waals surface area contributed by atoms with Gasteiger partial charge in [0.25, 0.3) is 5.56 Å². The van der Waals surface area contributed by atoms with E-state index in [4.69, 9.17) is 0 Å².